The van der Waals surface area contributed by atoms with Crippen LogP contribution in [0.15, 0.2) is 34.1 Å². The number of thiophene rings is 1. The van der Waals surface area contributed by atoms with Gasteiger partial charge in [-0.3, -0.25) is 0 Å². The molecule has 0 radical (unpaired) electrons. The van der Waals surface area contributed by atoms with Crippen molar-refractivity contribution in [2.75, 3.05) is 6.54 Å². The molecule has 0 spiro atoms. The molecule has 0 aliphatic rings. The maximum atomic E-state index is 6.34. The number of hydrogen-bond acceptors (Lipinski definition) is 2. The van der Waals surface area contributed by atoms with Crippen LogP contribution in [0.4, 0.5) is 0 Å². The third-order valence-corrected chi connectivity index (χ3v) is 5.29. The van der Waals surface area contributed by atoms with E-state index in [4.69, 9.17) is 23.2 Å². The summed E-state index contributed by atoms with van der Waals surface area (Å²) in [5.41, 5.74) is 1.11. The molecule has 108 valence electrons. The van der Waals surface area contributed by atoms with Crippen molar-refractivity contribution in [3.8, 4) is 0 Å². The van der Waals surface area contributed by atoms with Crippen LogP contribution in [0.5, 0.6) is 0 Å². The van der Waals surface area contributed by atoms with E-state index < -0.39 is 0 Å². The highest BCUT2D eigenvalue weighted by atomic mass is 79.9. The predicted octanol–water partition coefficient (Wildman–Crippen LogP) is 6.10. The molecule has 0 aliphatic heterocycles. The molecule has 1 nitrogen and oxygen atoms in total. The molecule has 1 aromatic heterocycles. The van der Waals surface area contributed by atoms with Gasteiger partial charge in [-0.2, -0.15) is 0 Å². The van der Waals surface area contributed by atoms with E-state index in [0.29, 0.717) is 5.02 Å². The lowest BCUT2D eigenvalue weighted by Crippen LogP contribution is -2.24. The van der Waals surface area contributed by atoms with Crippen molar-refractivity contribution in [1.82, 2.24) is 5.32 Å². The van der Waals surface area contributed by atoms with Gasteiger partial charge in [0.2, 0.25) is 0 Å². The molecule has 20 heavy (non-hydrogen) atoms. The van der Waals surface area contributed by atoms with Gasteiger partial charge in [-0.25, -0.2) is 0 Å². The number of nitrogens with one attached hydrogen (secondary N) is 1. The largest absolute Gasteiger partial charge is 0.310 e. The number of benzene rings is 1. The third kappa shape index (κ3) is 4.47. The molecule has 1 unspecified atom stereocenters. The fraction of sp³-hybridized carbons (Fsp3) is 0.333. The predicted molar refractivity (Wildman–Crippen MR) is 93.2 cm³/mol. The van der Waals surface area contributed by atoms with Crippen LogP contribution >= 0.6 is 50.5 Å². The van der Waals surface area contributed by atoms with E-state index in [0.717, 1.165) is 34.4 Å². The average molecular weight is 393 g/mol. The Morgan fingerprint density at radius 1 is 1.30 bits per heavy atom. The monoisotopic (exact) mass is 391 g/mol. The maximum absolute atomic E-state index is 6.34. The summed E-state index contributed by atoms with van der Waals surface area (Å²) in [5, 5.41) is 7.07. The molecule has 0 saturated carbocycles. The van der Waals surface area contributed by atoms with Crippen LogP contribution in [0.2, 0.25) is 10.0 Å². The second kappa shape index (κ2) is 7.81. The lowest BCUT2D eigenvalue weighted by atomic mass is 10.0. The average Bonchev–Trinajstić information content (AvgIpc) is 2.80. The highest BCUT2D eigenvalue weighted by Crippen LogP contribution is 2.30. The summed E-state index contributed by atoms with van der Waals surface area (Å²) in [6.45, 7) is 3.13. The molecule has 5 heteroatoms. The quantitative estimate of drug-likeness (QED) is 0.625. The summed E-state index contributed by atoms with van der Waals surface area (Å²) in [5.74, 6) is 0. The van der Waals surface area contributed by atoms with Gasteiger partial charge in [0.15, 0.2) is 0 Å². The summed E-state index contributed by atoms with van der Waals surface area (Å²) in [6.07, 6.45) is 2.02. The van der Waals surface area contributed by atoms with E-state index in [1.807, 2.05) is 18.2 Å². The van der Waals surface area contributed by atoms with Gasteiger partial charge in [-0.15, -0.1) is 11.3 Å². The zero-order chi connectivity index (χ0) is 14.5. The Kier molecular flexibility index (Phi) is 6.37. The lowest BCUT2D eigenvalue weighted by Gasteiger charge is -2.19. The molecule has 2 rings (SSSR count). The first kappa shape index (κ1) is 16.3. The van der Waals surface area contributed by atoms with Crippen LogP contribution in [-0.2, 0) is 6.42 Å². The Bertz CT molecular complexity index is 571. The van der Waals surface area contributed by atoms with Crippen molar-refractivity contribution in [2.24, 2.45) is 0 Å². The zero-order valence-corrected chi connectivity index (χ0v) is 15.0. The number of halogens is 3. The van der Waals surface area contributed by atoms with Crippen molar-refractivity contribution in [3.63, 3.8) is 0 Å². The highest BCUT2D eigenvalue weighted by molar-refractivity contribution is 9.10. The van der Waals surface area contributed by atoms with Gasteiger partial charge in [0.05, 0.1) is 0 Å². The normalized spacial score (nSPS) is 12.6. The second-order valence-electron chi connectivity index (χ2n) is 4.61. The van der Waals surface area contributed by atoms with E-state index >= 15 is 0 Å². The molecular formula is C15H16BrCl2NS. The highest BCUT2D eigenvalue weighted by Gasteiger charge is 2.16. The molecule has 0 fully saturated rings. The molecule has 2 aromatic rings. The number of rotatable bonds is 6. The summed E-state index contributed by atoms with van der Waals surface area (Å²) < 4.78 is 1.13. The topological polar surface area (TPSA) is 12.0 Å². The van der Waals surface area contributed by atoms with Crippen LogP contribution < -0.4 is 5.32 Å². The van der Waals surface area contributed by atoms with Crippen LogP contribution in [0.25, 0.3) is 0 Å². The van der Waals surface area contributed by atoms with Crippen molar-refractivity contribution < 1.29 is 0 Å². The van der Waals surface area contributed by atoms with Crippen molar-refractivity contribution >= 4 is 50.5 Å². The molecule has 1 atom stereocenters. The van der Waals surface area contributed by atoms with E-state index in [-0.39, 0.29) is 6.04 Å². The number of hydrogen-bond donors (Lipinski definition) is 1. The van der Waals surface area contributed by atoms with Crippen molar-refractivity contribution in [3.05, 3.63) is 54.6 Å². The molecule has 0 bridgehead atoms. The summed E-state index contributed by atoms with van der Waals surface area (Å²) in [7, 11) is 0. The van der Waals surface area contributed by atoms with E-state index in [2.05, 4.69) is 39.6 Å². The van der Waals surface area contributed by atoms with Crippen molar-refractivity contribution in [1.29, 1.82) is 0 Å². The molecule has 1 heterocycles. The van der Waals surface area contributed by atoms with Gasteiger partial charge < -0.3 is 5.32 Å². The van der Waals surface area contributed by atoms with Gasteiger partial charge >= 0.3 is 0 Å². The summed E-state index contributed by atoms with van der Waals surface area (Å²) >= 11 is 17.6. The summed E-state index contributed by atoms with van der Waals surface area (Å²) in [4.78, 5) is 1.33. The van der Waals surface area contributed by atoms with Gasteiger partial charge in [-0.05, 0) is 52.7 Å². The standard InChI is InChI=1S/C15H16BrCl2NS/c1-2-5-19-15(8-12-6-10(16)9-20-12)13-4-3-11(17)7-14(13)18/h3-4,6-7,9,15,19H,2,5,8H2,1H3. The first-order valence-corrected chi connectivity index (χ1v) is 8.94. The third-order valence-electron chi connectivity index (χ3n) is 3.01. The van der Waals surface area contributed by atoms with Crippen molar-refractivity contribution in [2.45, 2.75) is 25.8 Å². The summed E-state index contributed by atoms with van der Waals surface area (Å²) in [6, 6.07) is 8.10. The Morgan fingerprint density at radius 2 is 2.10 bits per heavy atom. The van der Waals surface area contributed by atoms with Gasteiger partial charge in [-0.1, -0.05) is 36.2 Å². The fourth-order valence-electron chi connectivity index (χ4n) is 2.06. The van der Waals surface area contributed by atoms with Crippen LogP contribution in [0.1, 0.15) is 29.8 Å². The SMILES string of the molecule is CCCNC(Cc1cc(Br)cs1)c1ccc(Cl)cc1Cl. The van der Waals surface area contributed by atoms with E-state index in [9.17, 15) is 0 Å². The molecule has 0 saturated heterocycles. The zero-order valence-electron chi connectivity index (χ0n) is 11.1. The molecule has 1 aromatic carbocycles. The van der Waals surface area contributed by atoms with E-state index in [1.165, 1.54) is 4.88 Å². The van der Waals surface area contributed by atoms with Gasteiger partial charge in [0.25, 0.3) is 0 Å². The Hall–Kier alpha value is -0.0600. The van der Waals surface area contributed by atoms with Gasteiger partial charge in [0.1, 0.15) is 0 Å². The Morgan fingerprint density at radius 3 is 2.70 bits per heavy atom. The molecule has 1 N–H and O–H groups in total. The minimum atomic E-state index is 0.213. The minimum absolute atomic E-state index is 0.213. The van der Waals surface area contributed by atoms with Crippen LogP contribution in [0.3, 0.4) is 0 Å². The first-order chi connectivity index (χ1) is 9.60. The lowest BCUT2D eigenvalue weighted by molar-refractivity contribution is 0.532. The molecule has 0 aliphatic carbocycles. The molecule has 0 amide bonds. The van der Waals surface area contributed by atoms with Gasteiger partial charge in [0, 0.05) is 37.2 Å². The minimum Gasteiger partial charge on any atom is -0.310 e. The van der Waals surface area contributed by atoms with E-state index in [1.54, 1.807) is 11.3 Å². The smallest absolute Gasteiger partial charge is 0.0468 e. The first-order valence-electron chi connectivity index (χ1n) is 6.51. The van der Waals surface area contributed by atoms with Crippen LogP contribution in [0, 0.1) is 0 Å². The fourth-order valence-corrected chi connectivity index (χ4v) is 4.10. The second-order valence-corrected chi connectivity index (χ2v) is 7.36. The maximum Gasteiger partial charge on any atom is 0.0468 e. The Balaban J connectivity index is 2.22. The van der Waals surface area contributed by atoms with Crippen LogP contribution in [-0.4, -0.2) is 6.54 Å². The Labute approximate surface area is 142 Å². The molecular weight excluding hydrogens is 377 g/mol.